The molecule has 0 aliphatic carbocycles. The van der Waals surface area contributed by atoms with E-state index in [4.69, 9.17) is 16.3 Å². The van der Waals surface area contributed by atoms with Gasteiger partial charge in [0.15, 0.2) is 5.82 Å². The second kappa shape index (κ2) is 9.97. The third-order valence-electron chi connectivity index (χ3n) is 5.87. The zero-order valence-corrected chi connectivity index (χ0v) is 21.2. The van der Waals surface area contributed by atoms with Crippen molar-refractivity contribution in [1.29, 1.82) is 0 Å². The third kappa shape index (κ3) is 5.17. The van der Waals surface area contributed by atoms with Crippen molar-refractivity contribution in [3.05, 3.63) is 81.9 Å². The molecule has 0 spiro atoms. The van der Waals surface area contributed by atoms with Crippen LogP contribution in [0, 0.1) is 17.5 Å². The molecule has 0 saturated carbocycles. The smallest absolute Gasteiger partial charge is 0.265 e. The van der Waals surface area contributed by atoms with Gasteiger partial charge in [-0.3, -0.25) is 9.52 Å². The lowest BCUT2D eigenvalue weighted by Gasteiger charge is -2.13. The first-order valence-corrected chi connectivity index (χ1v) is 13.7. The fourth-order valence-electron chi connectivity index (χ4n) is 3.96. The molecule has 0 radical (unpaired) electrons. The van der Waals surface area contributed by atoms with Crippen LogP contribution in [0.15, 0.2) is 54.6 Å². The Hall–Kier alpha value is -3.12. The molecule has 1 aliphatic rings. The van der Waals surface area contributed by atoms with Crippen molar-refractivity contribution in [2.75, 3.05) is 23.3 Å². The van der Waals surface area contributed by atoms with Gasteiger partial charge >= 0.3 is 0 Å². The number of anilines is 2. The molecule has 1 amide bonds. The molecule has 2 N–H and O–H groups in total. The summed E-state index contributed by atoms with van der Waals surface area (Å²) in [5.41, 5.74) is -0.0645. The molecule has 1 fully saturated rings. The number of amides is 1. The molecule has 6 nitrogen and oxygen atoms in total. The quantitative estimate of drug-likeness (QED) is 0.282. The van der Waals surface area contributed by atoms with Crippen molar-refractivity contribution in [1.82, 2.24) is 0 Å². The summed E-state index contributed by atoms with van der Waals surface area (Å²) in [6.45, 7) is 0.339. The van der Waals surface area contributed by atoms with Crippen LogP contribution in [0.2, 0.25) is 5.02 Å². The molecule has 1 atom stereocenters. The van der Waals surface area contributed by atoms with Crippen molar-refractivity contribution in [2.45, 2.75) is 11.7 Å². The summed E-state index contributed by atoms with van der Waals surface area (Å²) in [5, 5.41) is 1.75. The second-order valence-electron chi connectivity index (χ2n) is 8.37. The van der Waals surface area contributed by atoms with Crippen LogP contribution in [0.25, 0.3) is 21.2 Å². The first kappa shape index (κ1) is 25.5. The fraction of sp³-hybridized carbons (Fsp3) is 0.160. The minimum atomic E-state index is -3.87. The topological polar surface area (TPSA) is 84.5 Å². The number of hydrogen-bond donors (Lipinski definition) is 2. The van der Waals surface area contributed by atoms with Gasteiger partial charge < -0.3 is 10.1 Å². The van der Waals surface area contributed by atoms with Gasteiger partial charge in [0.1, 0.15) is 16.9 Å². The number of thiophene rings is 1. The predicted octanol–water partition coefficient (Wildman–Crippen LogP) is 6.42. The molecule has 192 valence electrons. The number of hydrogen-bond acceptors (Lipinski definition) is 5. The Morgan fingerprint density at radius 3 is 2.54 bits per heavy atom. The van der Waals surface area contributed by atoms with Crippen molar-refractivity contribution in [2.24, 2.45) is 0 Å². The van der Waals surface area contributed by atoms with E-state index in [1.165, 1.54) is 42.5 Å². The zero-order chi connectivity index (χ0) is 26.3. The van der Waals surface area contributed by atoms with E-state index < -0.39 is 38.6 Å². The van der Waals surface area contributed by atoms with E-state index in [0.29, 0.717) is 23.1 Å². The lowest BCUT2D eigenvalue weighted by Crippen LogP contribution is -2.28. The number of nitrogens with one attached hydrogen (secondary N) is 2. The molecular weight excluding hydrogens is 549 g/mol. The Balaban J connectivity index is 1.42. The van der Waals surface area contributed by atoms with Gasteiger partial charge in [0, 0.05) is 16.9 Å². The molecule has 5 rings (SSSR count). The first-order valence-electron chi connectivity index (χ1n) is 11.0. The number of rotatable bonds is 6. The Bertz CT molecular complexity index is 1640. The van der Waals surface area contributed by atoms with Gasteiger partial charge in [0.25, 0.3) is 5.91 Å². The highest BCUT2D eigenvalue weighted by Gasteiger charge is 2.30. The average molecular weight is 567 g/mol. The number of fused-ring (bicyclic) bond motifs is 1. The second-order valence-corrected chi connectivity index (χ2v) is 11.8. The number of sulfonamides is 1. The van der Waals surface area contributed by atoms with Gasteiger partial charge in [0.2, 0.25) is 10.0 Å². The molecule has 2 heterocycles. The fourth-order valence-corrected chi connectivity index (χ4v) is 6.46. The zero-order valence-electron chi connectivity index (χ0n) is 18.9. The van der Waals surface area contributed by atoms with Crippen LogP contribution in [0.3, 0.4) is 0 Å². The lowest BCUT2D eigenvalue weighted by atomic mass is 10.0. The maximum absolute atomic E-state index is 14.7. The van der Waals surface area contributed by atoms with Crippen LogP contribution < -0.4 is 10.0 Å². The molecule has 1 unspecified atom stereocenters. The van der Waals surface area contributed by atoms with Gasteiger partial charge in [-0.1, -0.05) is 29.8 Å². The Morgan fingerprint density at radius 2 is 1.81 bits per heavy atom. The predicted molar refractivity (Wildman–Crippen MR) is 138 cm³/mol. The van der Waals surface area contributed by atoms with Gasteiger partial charge in [-0.05, 0) is 53.8 Å². The Morgan fingerprint density at radius 1 is 1.03 bits per heavy atom. The van der Waals surface area contributed by atoms with Crippen molar-refractivity contribution < 1.29 is 31.1 Å². The summed E-state index contributed by atoms with van der Waals surface area (Å²) in [6, 6.07) is 12.2. The van der Waals surface area contributed by atoms with Crippen LogP contribution in [0.1, 0.15) is 16.1 Å². The van der Waals surface area contributed by atoms with E-state index in [2.05, 4.69) is 10.0 Å². The van der Waals surface area contributed by atoms with E-state index in [-0.39, 0.29) is 39.0 Å². The molecular formula is C25H18ClF3N2O4S2. The minimum absolute atomic E-state index is 0.0284. The largest absolute Gasteiger partial charge is 0.380 e. The van der Waals surface area contributed by atoms with Crippen LogP contribution in [0.4, 0.5) is 24.5 Å². The molecule has 4 aromatic rings. The Kier molecular flexibility index (Phi) is 6.88. The van der Waals surface area contributed by atoms with Gasteiger partial charge in [-0.2, -0.15) is 0 Å². The van der Waals surface area contributed by atoms with Gasteiger partial charge in [0.05, 0.1) is 27.9 Å². The number of benzene rings is 3. The summed E-state index contributed by atoms with van der Waals surface area (Å²) in [5.74, 6) is -2.94. The van der Waals surface area contributed by atoms with Crippen molar-refractivity contribution in [3.63, 3.8) is 0 Å². The van der Waals surface area contributed by atoms with E-state index in [1.807, 2.05) is 0 Å². The number of ether oxygens (including phenoxy) is 1. The highest BCUT2D eigenvalue weighted by Crippen LogP contribution is 2.34. The monoisotopic (exact) mass is 566 g/mol. The number of halogens is 4. The summed E-state index contributed by atoms with van der Waals surface area (Å²) in [7, 11) is -3.87. The maximum Gasteiger partial charge on any atom is 0.265 e. The van der Waals surface area contributed by atoms with Crippen molar-refractivity contribution >= 4 is 60.3 Å². The van der Waals surface area contributed by atoms with Gasteiger partial charge in [-0.25, -0.2) is 21.6 Å². The number of carbonyl (C=O) groups excluding carboxylic acids is 1. The lowest BCUT2D eigenvalue weighted by molar-refractivity contribution is 0.103. The summed E-state index contributed by atoms with van der Waals surface area (Å²) < 4.78 is 76.4. The molecule has 0 bridgehead atoms. The van der Waals surface area contributed by atoms with E-state index >= 15 is 0 Å². The van der Waals surface area contributed by atoms with Crippen LogP contribution in [0.5, 0.6) is 0 Å². The number of carbonyl (C=O) groups is 1. The third-order valence-corrected chi connectivity index (χ3v) is 9.00. The van der Waals surface area contributed by atoms with E-state index in [0.717, 1.165) is 17.4 Å². The summed E-state index contributed by atoms with van der Waals surface area (Å²) in [6.07, 6.45) is 0.306. The SMILES string of the molecule is O=C(Nc1cc(-c2ccccc2F)cc(Cl)c1F)c1cc2cc(NS(=O)(=O)C3CCOC3)c(F)cc2s1. The van der Waals surface area contributed by atoms with E-state index in [9.17, 15) is 26.4 Å². The minimum Gasteiger partial charge on any atom is -0.380 e. The van der Waals surface area contributed by atoms with E-state index in [1.54, 1.807) is 6.07 Å². The molecule has 12 heteroatoms. The van der Waals surface area contributed by atoms with Crippen molar-refractivity contribution in [3.8, 4) is 11.1 Å². The highest BCUT2D eigenvalue weighted by molar-refractivity contribution is 7.93. The average Bonchev–Trinajstić information content (AvgIpc) is 3.53. The molecule has 1 saturated heterocycles. The first-order chi connectivity index (χ1) is 17.6. The van der Waals surface area contributed by atoms with Crippen LogP contribution >= 0.6 is 22.9 Å². The maximum atomic E-state index is 14.7. The summed E-state index contributed by atoms with van der Waals surface area (Å²) in [4.78, 5) is 13.0. The van der Waals surface area contributed by atoms with Crippen LogP contribution in [-0.2, 0) is 14.8 Å². The molecule has 1 aliphatic heterocycles. The highest BCUT2D eigenvalue weighted by atomic mass is 35.5. The van der Waals surface area contributed by atoms with Gasteiger partial charge in [-0.15, -0.1) is 11.3 Å². The normalized spacial score (nSPS) is 15.7. The standard InChI is InChI=1S/C25H18ClF3N2O4S2/c26-17-7-13(16-3-1-2-4-18(16)27)8-21(24(17)29)30-25(32)23-10-14-9-20(19(28)11-22(14)36-23)31-37(33,34)15-5-6-35-12-15/h1-4,7-11,15,31H,5-6,12H2,(H,30,32). The Labute approximate surface area is 219 Å². The molecule has 3 aromatic carbocycles. The molecule has 1 aromatic heterocycles. The van der Waals surface area contributed by atoms with Crippen LogP contribution in [-0.4, -0.2) is 32.8 Å². The summed E-state index contributed by atoms with van der Waals surface area (Å²) >= 11 is 6.94. The molecule has 37 heavy (non-hydrogen) atoms.